The third-order valence-corrected chi connectivity index (χ3v) is 20.3. The maximum absolute atomic E-state index is 14.7. The minimum Gasteiger partial charge on any atom is -0.497 e. The number of hydrogen-bond acceptors (Lipinski definition) is 19. The van der Waals surface area contributed by atoms with Crippen molar-refractivity contribution in [2.75, 3.05) is 39.4 Å². The summed E-state index contributed by atoms with van der Waals surface area (Å²) >= 11 is 0. The first-order valence-corrected chi connectivity index (χ1v) is 31.2. The summed E-state index contributed by atoms with van der Waals surface area (Å²) in [6.07, 6.45) is -0.805. The minimum absolute atomic E-state index is 0.0317. The van der Waals surface area contributed by atoms with Gasteiger partial charge in [0.25, 0.3) is 5.56 Å². The van der Waals surface area contributed by atoms with Crippen molar-refractivity contribution in [1.29, 1.82) is 5.26 Å². The fraction of sp³-hybridized carbons (Fsp3) is 0.434. The van der Waals surface area contributed by atoms with Crippen LogP contribution in [0.1, 0.15) is 76.2 Å². The Hall–Kier alpha value is -6.65. The number of aromatic amines is 1. The van der Waals surface area contributed by atoms with Gasteiger partial charge in [-0.3, -0.25) is 38.0 Å². The number of aryl methyl sites for hydroxylation is 1. The molecule has 7 aromatic rings. The maximum Gasteiger partial charge on any atom is 0.695 e. The Bertz CT molecular complexity index is 3380. The molecule has 2 unspecified atom stereocenters. The Kier molecular flexibility index (Phi) is 18.9. The van der Waals surface area contributed by atoms with Crippen LogP contribution in [0.5, 0.6) is 11.5 Å². The zero-order valence-corrected chi connectivity index (χ0v) is 48.6. The molecule has 1 saturated heterocycles. The molecule has 80 heavy (non-hydrogen) atoms. The highest BCUT2D eigenvalue weighted by Gasteiger charge is 2.56. The number of amides is 1. The summed E-state index contributed by atoms with van der Waals surface area (Å²) in [5, 5.41) is 11.6. The molecule has 8 rings (SSSR count). The highest BCUT2D eigenvalue weighted by Crippen LogP contribution is 2.52. The van der Waals surface area contributed by atoms with Gasteiger partial charge in [-0.05, 0) is 65.5 Å². The quantitative estimate of drug-likeness (QED) is 0.0197. The van der Waals surface area contributed by atoms with E-state index < -0.39 is 83.6 Å². The highest BCUT2D eigenvalue weighted by molar-refractivity contribution is 7.48. The van der Waals surface area contributed by atoms with Crippen LogP contribution >= 0.6 is 16.1 Å². The van der Waals surface area contributed by atoms with Crippen LogP contribution in [0.25, 0.3) is 22.3 Å². The first-order chi connectivity index (χ1) is 38.2. The topological polar surface area (TPSA) is 298 Å². The molecule has 0 bridgehead atoms. The third kappa shape index (κ3) is 13.2. The normalized spacial score (nSPS) is 17.9. The van der Waals surface area contributed by atoms with E-state index in [1.54, 1.807) is 34.3 Å². The van der Waals surface area contributed by atoms with Gasteiger partial charge in [-0.2, -0.15) is 10.2 Å². The molecule has 5 heterocycles. The fourth-order valence-corrected chi connectivity index (χ4v) is 11.7. The minimum atomic E-state index is -4.56. The lowest BCUT2D eigenvalue weighted by Crippen LogP contribution is -2.50. The van der Waals surface area contributed by atoms with Crippen molar-refractivity contribution >= 4 is 58.6 Å². The number of ether oxygens (including phenoxy) is 4. The Balaban J connectivity index is 1.06. The van der Waals surface area contributed by atoms with Crippen molar-refractivity contribution in [2.45, 2.75) is 109 Å². The van der Waals surface area contributed by atoms with E-state index in [1.165, 1.54) is 17.2 Å². The largest absolute Gasteiger partial charge is 0.695 e. The number of fused-ring (bicyclic) bond motifs is 2. The SMILES string of the molecule is COc1ccc(C(OCc2nc3cncnc3n2CCCOP(=O)(OCCC#N)OC[C@H]2O[C@@H](n3cnc4c(=O)[nH]c(NC(=O)C(C)C)nc43)[C@H](O[P+](=O)O)[C@@H]2O[Si](C)(C)C(C)(C)C)(c2ccccc2)c2ccc(OC)cc2)cc1. The van der Waals surface area contributed by atoms with E-state index in [0.29, 0.717) is 28.5 Å². The first-order valence-electron chi connectivity index (χ1n) is 25.7. The molecule has 0 saturated carbocycles. The van der Waals surface area contributed by atoms with Crippen LogP contribution in [-0.4, -0.2) is 111 Å². The first kappa shape index (κ1) is 59.5. The van der Waals surface area contributed by atoms with Gasteiger partial charge in [0, 0.05) is 17.0 Å². The monoisotopic (exact) mass is 1160 g/mol. The number of phosphoric ester groups is 1. The molecule has 1 aliphatic heterocycles. The number of H-pyrrole nitrogens is 1. The van der Waals surface area contributed by atoms with Crippen molar-refractivity contribution in [1.82, 2.24) is 39.0 Å². The number of benzene rings is 3. The van der Waals surface area contributed by atoms with Crippen molar-refractivity contribution < 1.29 is 60.3 Å². The second kappa shape index (κ2) is 25.4. The number of anilines is 1. The van der Waals surface area contributed by atoms with E-state index in [1.807, 2.05) is 123 Å². The molecular formula is C53H65N10O14P2Si+. The molecule has 424 valence electrons. The van der Waals surface area contributed by atoms with Gasteiger partial charge < -0.3 is 27.9 Å². The number of nitrogens with zero attached hydrogens (tertiary/aromatic N) is 8. The van der Waals surface area contributed by atoms with Gasteiger partial charge in [0.1, 0.15) is 53.6 Å². The van der Waals surface area contributed by atoms with E-state index in [9.17, 15) is 28.9 Å². The third-order valence-electron chi connectivity index (χ3n) is 13.9. The van der Waals surface area contributed by atoms with Crippen LogP contribution in [0.2, 0.25) is 18.1 Å². The molecule has 1 fully saturated rings. The van der Waals surface area contributed by atoms with Gasteiger partial charge in [0.15, 0.2) is 37.5 Å². The zero-order valence-electron chi connectivity index (χ0n) is 45.8. The Labute approximate surface area is 463 Å². The second-order valence-electron chi connectivity index (χ2n) is 20.5. The molecule has 24 nitrogen and oxygen atoms in total. The van der Waals surface area contributed by atoms with Crippen LogP contribution in [-0.2, 0) is 64.7 Å². The number of nitrogens with one attached hydrogen (secondary N) is 2. The summed E-state index contributed by atoms with van der Waals surface area (Å²) in [5.74, 6) is 0.785. The molecule has 1 amide bonds. The van der Waals surface area contributed by atoms with Crippen molar-refractivity contribution in [3.05, 3.63) is 131 Å². The average molecular weight is 1160 g/mol. The lowest BCUT2D eigenvalue weighted by molar-refractivity contribution is -0.118. The Morgan fingerprint density at radius 1 is 0.925 bits per heavy atom. The molecule has 3 N–H and O–H groups in total. The maximum atomic E-state index is 14.7. The number of carbonyl (C=O) groups excluding carboxylic acids is 1. The molecule has 6 atom stereocenters. The molecule has 0 spiro atoms. The molecule has 4 aromatic heterocycles. The summed E-state index contributed by atoms with van der Waals surface area (Å²) in [6, 6.07) is 27.1. The van der Waals surface area contributed by atoms with Gasteiger partial charge in [-0.25, -0.2) is 24.5 Å². The number of nitriles is 1. The van der Waals surface area contributed by atoms with E-state index in [4.69, 9.17) is 46.5 Å². The summed E-state index contributed by atoms with van der Waals surface area (Å²) in [5.41, 5.74) is 1.42. The number of phosphoric acid groups is 1. The van der Waals surface area contributed by atoms with Crippen LogP contribution in [0.3, 0.4) is 0 Å². The number of imidazole rings is 2. The van der Waals surface area contributed by atoms with Gasteiger partial charge in [-0.15, -0.1) is 9.42 Å². The summed E-state index contributed by atoms with van der Waals surface area (Å²) in [7, 11) is -7.47. The Morgan fingerprint density at radius 2 is 1.57 bits per heavy atom. The van der Waals surface area contributed by atoms with E-state index in [0.717, 1.165) is 16.7 Å². The Morgan fingerprint density at radius 3 is 2.19 bits per heavy atom. The number of carbonyl (C=O) groups is 1. The van der Waals surface area contributed by atoms with E-state index >= 15 is 0 Å². The number of aromatic nitrogens is 8. The molecule has 0 aliphatic carbocycles. The lowest BCUT2D eigenvalue weighted by atomic mass is 9.80. The van der Waals surface area contributed by atoms with Crippen molar-refractivity contribution in [3.63, 3.8) is 0 Å². The standard InChI is InChI=1S/C53H64N10O14P2Si/c1-34(2)48(64)60-51-59-47-43(49(65)61-51)57-33-63(47)50-45(76-78(66)67)44(77-80(8,9)52(3,4)5)41(75-50)30-74-79(68,72-27-13-25-54)73-28-14-26-62-42(58-40-29-55-32-56-46(40)62)31-71-53(35-15-11-10-12-16-35,36-17-21-38(69-6)22-18-36)37-19-23-39(70-7)24-20-37/h10-12,15-24,29,32-34,41,44-45,50H,13-14,26-28,30-31H2,1-9H3,(H2-,59,60,61,64,65,66,67)/p+1/t41-,44-,45-,50-,79?/m1/s1. The predicted octanol–water partition coefficient (Wildman–Crippen LogP) is 8.86. The molecule has 0 radical (unpaired) electrons. The highest BCUT2D eigenvalue weighted by atomic mass is 31.2. The number of rotatable bonds is 26. The number of methoxy groups -OCH3 is 2. The van der Waals surface area contributed by atoms with Gasteiger partial charge in [-0.1, -0.05) is 89.2 Å². The van der Waals surface area contributed by atoms with Crippen LogP contribution in [0, 0.1) is 17.2 Å². The van der Waals surface area contributed by atoms with Crippen LogP contribution in [0.4, 0.5) is 5.95 Å². The lowest BCUT2D eigenvalue weighted by Gasteiger charge is -2.39. The average Bonchev–Trinajstić information content (AvgIpc) is 4.13. The number of hydrogen-bond donors (Lipinski definition) is 3. The smallest absolute Gasteiger partial charge is 0.497 e. The van der Waals surface area contributed by atoms with E-state index in [2.05, 4.69) is 30.2 Å². The molecule has 27 heteroatoms. The van der Waals surface area contributed by atoms with Gasteiger partial charge in [0.2, 0.25) is 11.9 Å². The summed E-state index contributed by atoms with van der Waals surface area (Å²) in [4.78, 5) is 61.1. The molecule has 3 aromatic carbocycles. The molecular weight excluding hydrogens is 1090 g/mol. The van der Waals surface area contributed by atoms with Gasteiger partial charge in [0.05, 0.1) is 59.1 Å². The van der Waals surface area contributed by atoms with Crippen molar-refractivity contribution in [3.8, 4) is 17.6 Å². The zero-order chi connectivity index (χ0) is 57.4. The van der Waals surface area contributed by atoms with Crippen molar-refractivity contribution in [2.24, 2.45) is 5.92 Å². The second-order valence-corrected chi connectivity index (χ2v) is 27.6. The van der Waals surface area contributed by atoms with Crippen LogP contribution in [0.15, 0.2) is 103 Å². The molecule has 1 aliphatic rings. The summed E-state index contributed by atoms with van der Waals surface area (Å²) < 4.78 is 85.7. The fourth-order valence-electron chi connectivity index (χ4n) is 8.77. The predicted molar refractivity (Wildman–Crippen MR) is 295 cm³/mol. The van der Waals surface area contributed by atoms with Crippen LogP contribution < -0.4 is 20.3 Å². The van der Waals surface area contributed by atoms with E-state index in [-0.39, 0.29) is 56.3 Å². The van der Waals surface area contributed by atoms with Gasteiger partial charge >= 0.3 is 16.1 Å². The summed E-state index contributed by atoms with van der Waals surface area (Å²) in [6.45, 7) is 12.4.